The first-order valence-corrected chi connectivity index (χ1v) is 7.12. The molecule has 1 aliphatic carbocycles. The predicted molar refractivity (Wildman–Crippen MR) is 78.8 cm³/mol. The summed E-state index contributed by atoms with van der Waals surface area (Å²) in [6.45, 7) is 0. The zero-order valence-electron chi connectivity index (χ0n) is 11.2. The van der Waals surface area contributed by atoms with E-state index in [1.165, 1.54) is 25.7 Å². The van der Waals surface area contributed by atoms with Crippen molar-refractivity contribution >= 4 is 16.9 Å². The van der Waals surface area contributed by atoms with Crippen LogP contribution in [0.1, 0.15) is 37.3 Å². The second-order valence-electron chi connectivity index (χ2n) is 5.45. The Morgan fingerprint density at radius 1 is 1.15 bits per heavy atom. The molecule has 0 spiro atoms. The normalized spacial score (nSPS) is 16.2. The Balaban J connectivity index is 1.94. The number of hydrogen-bond donors (Lipinski definition) is 2. The number of para-hydroxylation sites is 1. The molecule has 0 atom stereocenters. The van der Waals surface area contributed by atoms with E-state index in [2.05, 4.69) is 10.2 Å². The van der Waals surface area contributed by atoms with Crippen LogP contribution in [-0.4, -0.2) is 20.0 Å². The first kappa shape index (κ1) is 11.5. The summed E-state index contributed by atoms with van der Waals surface area (Å²) >= 11 is 0. The number of aromatic amines is 1. The van der Waals surface area contributed by atoms with Crippen LogP contribution < -0.4 is 5.73 Å². The average Bonchev–Trinajstić information content (AvgIpc) is 3.18. The number of nitrogens with one attached hydrogen (secondary N) is 1. The maximum absolute atomic E-state index is 6.06. The van der Waals surface area contributed by atoms with Crippen LogP contribution in [0.15, 0.2) is 30.3 Å². The molecule has 20 heavy (non-hydrogen) atoms. The molecule has 0 unspecified atom stereocenters. The van der Waals surface area contributed by atoms with Crippen LogP contribution >= 0.6 is 0 Å². The van der Waals surface area contributed by atoms with Gasteiger partial charge < -0.3 is 5.73 Å². The molecule has 3 N–H and O–H groups in total. The Morgan fingerprint density at radius 3 is 2.65 bits per heavy atom. The van der Waals surface area contributed by atoms with E-state index in [0.717, 1.165) is 22.4 Å². The van der Waals surface area contributed by atoms with Gasteiger partial charge in [-0.3, -0.25) is 5.10 Å². The van der Waals surface area contributed by atoms with E-state index in [4.69, 9.17) is 10.8 Å². The second kappa shape index (κ2) is 4.37. The topological polar surface area (TPSA) is 72.5 Å². The van der Waals surface area contributed by atoms with Crippen LogP contribution in [0.2, 0.25) is 0 Å². The highest BCUT2D eigenvalue weighted by Crippen LogP contribution is 2.38. The van der Waals surface area contributed by atoms with Gasteiger partial charge in [0, 0.05) is 5.92 Å². The molecule has 5 nitrogen and oxygen atoms in total. The monoisotopic (exact) mass is 267 g/mol. The third kappa shape index (κ3) is 1.62. The Kier molecular flexibility index (Phi) is 2.52. The number of nitrogen functional groups attached to an aromatic ring is 1. The third-order valence-corrected chi connectivity index (χ3v) is 4.18. The van der Waals surface area contributed by atoms with Crippen molar-refractivity contribution in [3.8, 4) is 5.69 Å². The van der Waals surface area contributed by atoms with E-state index < -0.39 is 0 Å². The summed E-state index contributed by atoms with van der Waals surface area (Å²) in [5.41, 5.74) is 9.02. The van der Waals surface area contributed by atoms with Crippen molar-refractivity contribution in [2.75, 3.05) is 5.73 Å². The highest BCUT2D eigenvalue weighted by Gasteiger charge is 2.26. The number of fused-ring (bicyclic) bond motifs is 1. The molecule has 0 radical (unpaired) electrons. The standard InChI is InChI=1S/C15H17N5/c16-14-12-13(10-6-4-5-7-10)19-20(15(12)18-17-14)11-8-2-1-3-9-11/h1-3,8-10H,4-7H2,(H3,16,17,18). The van der Waals surface area contributed by atoms with E-state index in [-0.39, 0.29) is 0 Å². The SMILES string of the molecule is Nc1[nH]nc2c1c(C1CCCC1)nn2-c1ccccc1. The smallest absolute Gasteiger partial charge is 0.186 e. The van der Waals surface area contributed by atoms with Gasteiger partial charge in [-0.05, 0) is 25.0 Å². The molecule has 0 amide bonds. The highest BCUT2D eigenvalue weighted by atomic mass is 15.4. The Morgan fingerprint density at radius 2 is 1.90 bits per heavy atom. The quantitative estimate of drug-likeness (QED) is 0.749. The first-order chi connectivity index (χ1) is 9.84. The zero-order chi connectivity index (χ0) is 13.5. The predicted octanol–water partition coefficient (Wildman–Crippen LogP) is 2.99. The van der Waals surface area contributed by atoms with Gasteiger partial charge >= 0.3 is 0 Å². The number of nitrogens with zero attached hydrogens (tertiary/aromatic N) is 3. The number of H-pyrrole nitrogens is 1. The summed E-state index contributed by atoms with van der Waals surface area (Å²) in [5.74, 6) is 1.14. The molecule has 0 bridgehead atoms. The van der Waals surface area contributed by atoms with Gasteiger partial charge in [-0.15, -0.1) is 0 Å². The molecule has 1 fully saturated rings. The summed E-state index contributed by atoms with van der Waals surface area (Å²) in [4.78, 5) is 0. The zero-order valence-corrected chi connectivity index (χ0v) is 11.2. The van der Waals surface area contributed by atoms with Gasteiger partial charge in [-0.2, -0.15) is 10.2 Å². The molecule has 3 aromatic rings. The van der Waals surface area contributed by atoms with Gasteiger partial charge in [0.15, 0.2) is 5.65 Å². The fraction of sp³-hybridized carbons (Fsp3) is 0.333. The maximum Gasteiger partial charge on any atom is 0.186 e. The number of aromatic nitrogens is 4. The molecule has 0 aliphatic heterocycles. The fourth-order valence-electron chi connectivity index (χ4n) is 3.19. The molecule has 1 saturated carbocycles. The minimum atomic E-state index is 0.516. The Labute approximate surface area is 116 Å². The molecule has 0 saturated heterocycles. The molecule has 5 heteroatoms. The van der Waals surface area contributed by atoms with Crippen LogP contribution in [0.3, 0.4) is 0 Å². The van der Waals surface area contributed by atoms with Crippen molar-refractivity contribution in [1.82, 2.24) is 20.0 Å². The van der Waals surface area contributed by atoms with Gasteiger partial charge in [-0.1, -0.05) is 31.0 Å². The largest absolute Gasteiger partial charge is 0.383 e. The molecule has 102 valence electrons. The fourth-order valence-corrected chi connectivity index (χ4v) is 3.19. The number of nitrogens with two attached hydrogens (primary N) is 1. The summed E-state index contributed by atoms with van der Waals surface area (Å²) in [7, 11) is 0. The van der Waals surface area contributed by atoms with Crippen molar-refractivity contribution < 1.29 is 0 Å². The lowest BCUT2D eigenvalue weighted by Crippen LogP contribution is -2.01. The summed E-state index contributed by atoms with van der Waals surface area (Å²) < 4.78 is 1.90. The van der Waals surface area contributed by atoms with E-state index in [1.54, 1.807) is 0 Å². The second-order valence-corrected chi connectivity index (χ2v) is 5.45. The van der Waals surface area contributed by atoms with Crippen LogP contribution in [0.25, 0.3) is 16.7 Å². The third-order valence-electron chi connectivity index (χ3n) is 4.18. The molecule has 2 aromatic heterocycles. The minimum Gasteiger partial charge on any atom is -0.383 e. The lowest BCUT2D eigenvalue weighted by atomic mass is 10.0. The highest BCUT2D eigenvalue weighted by molar-refractivity contribution is 5.90. The van der Waals surface area contributed by atoms with Gasteiger partial charge in [0.05, 0.1) is 16.8 Å². The van der Waals surface area contributed by atoms with Crippen molar-refractivity contribution in [2.24, 2.45) is 0 Å². The summed E-state index contributed by atoms with van der Waals surface area (Å²) in [5, 5.41) is 13.1. The van der Waals surface area contributed by atoms with Crippen molar-refractivity contribution in [3.63, 3.8) is 0 Å². The summed E-state index contributed by atoms with van der Waals surface area (Å²) in [6, 6.07) is 10.1. The number of hydrogen-bond acceptors (Lipinski definition) is 3. The summed E-state index contributed by atoms with van der Waals surface area (Å²) in [6.07, 6.45) is 4.96. The molecule has 1 aromatic carbocycles. The number of rotatable bonds is 2. The first-order valence-electron chi connectivity index (χ1n) is 7.12. The van der Waals surface area contributed by atoms with Crippen LogP contribution in [0.4, 0.5) is 5.82 Å². The van der Waals surface area contributed by atoms with Crippen LogP contribution in [0, 0.1) is 0 Å². The van der Waals surface area contributed by atoms with E-state index in [0.29, 0.717) is 11.7 Å². The van der Waals surface area contributed by atoms with E-state index >= 15 is 0 Å². The lowest BCUT2D eigenvalue weighted by molar-refractivity contribution is 0.682. The van der Waals surface area contributed by atoms with Gasteiger partial charge in [0.25, 0.3) is 0 Å². The van der Waals surface area contributed by atoms with E-state index in [9.17, 15) is 0 Å². The molecular formula is C15H17N5. The van der Waals surface area contributed by atoms with E-state index in [1.807, 2.05) is 35.0 Å². The lowest BCUT2D eigenvalue weighted by Gasteiger charge is -2.05. The average molecular weight is 267 g/mol. The number of benzene rings is 1. The maximum atomic E-state index is 6.06. The molecule has 4 rings (SSSR count). The van der Waals surface area contributed by atoms with Gasteiger partial charge in [-0.25, -0.2) is 4.68 Å². The van der Waals surface area contributed by atoms with Crippen molar-refractivity contribution in [1.29, 1.82) is 0 Å². The minimum absolute atomic E-state index is 0.516. The van der Waals surface area contributed by atoms with Crippen molar-refractivity contribution in [2.45, 2.75) is 31.6 Å². The van der Waals surface area contributed by atoms with Crippen LogP contribution in [0.5, 0.6) is 0 Å². The van der Waals surface area contributed by atoms with Gasteiger partial charge in [0.2, 0.25) is 0 Å². The Hall–Kier alpha value is -2.30. The number of anilines is 1. The van der Waals surface area contributed by atoms with Crippen LogP contribution in [-0.2, 0) is 0 Å². The van der Waals surface area contributed by atoms with Gasteiger partial charge in [0.1, 0.15) is 5.82 Å². The Bertz CT molecular complexity index is 734. The molecule has 2 heterocycles. The molecular weight excluding hydrogens is 250 g/mol. The molecule has 1 aliphatic rings. The van der Waals surface area contributed by atoms with Crippen molar-refractivity contribution in [3.05, 3.63) is 36.0 Å².